The summed E-state index contributed by atoms with van der Waals surface area (Å²) in [6.45, 7) is 4.27. The van der Waals surface area contributed by atoms with Crippen LogP contribution in [-0.4, -0.2) is 17.3 Å². The van der Waals surface area contributed by atoms with Gasteiger partial charge < -0.3 is 5.11 Å². The Morgan fingerprint density at radius 2 is 2.00 bits per heavy atom. The monoisotopic (exact) mass is 183 g/mol. The van der Waals surface area contributed by atoms with Crippen LogP contribution < -0.4 is 0 Å². The molecule has 0 aromatic rings. The Balaban J connectivity index is 2.74. The third-order valence-electron chi connectivity index (χ3n) is 3.37. The van der Waals surface area contributed by atoms with Gasteiger partial charge >= 0.3 is 0 Å². The Morgan fingerprint density at radius 1 is 1.46 bits per heavy atom. The first kappa shape index (κ1) is 10.4. The fraction of sp³-hybridized carbons (Fsp3) is 1.00. The lowest BCUT2D eigenvalue weighted by Crippen LogP contribution is -2.48. The molecule has 1 aliphatic carbocycles. The van der Waals surface area contributed by atoms with Crippen LogP contribution in [0.15, 0.2) is 5.11 Å². The molecule has 0 spiro atoms. The summed E-state index contributed by atoms with van der Waals surface area (Å²) in [5.74, 6) is 0.475. The average molecular weight is 183 g/mol. The molecule has 1 aliphatic rings. The fourth-order valence-corrected chi connectivity index (χ4v) is 2.17. The van der Waals surface area contributed by atoms with Gasteiger partial charge in [0.1, 0.15) is 0 Å². The van der Waals surface area contributed by atoms with E-state index in [1.807, 2.05) is 13.8 Å². The van der Waals surface area contributed by atoms with Crippen molar-refractivity contribution in [2.45, 2.75) is 38.7 Å². The molecule has 4 nitrogen and oxygen atoms in total. The molecule has 1 unspecified atom stereocenters. The second kappa shape index (κ2) is 3.99. The topological polar surface area (TPSA) is 69.0 Å². The lowest BCUT2D eigenvalue weighted by Gasteiger charge is -2.42. The maximum atomic E-state index is 10.3. The van der Waals surface area contributed by atoms with Crippen molar-refractivity contribution in [1.29, 1.82) is 0 Å². The number of hydrogen-bond acceptors (Lipinski definition) is 2. The molecular formula is C9H17N3O. The molecule has 0 aromatic carbocycles. The first-order valence-electron chi connectivity index (χ1n) is 4.84. The standard InChI is InChI=1S/C9H17N3O/c1-7-4-3-5-8(2)9(7,13)6-11-12-10/h7-8,13H,3-6H2,1-2H3/t7-,8+,9?. The summed E-state index contributed by atoms with van der Waals surface area (Å²) in [5, 5.41) is 13.8. The molecule has 0 saturated heterocycles. The highest BCUT2D eigenvalue weighted by atomic mass is 16.3. The normalized spacial score (nSPS) is 39.6. The van der Waals surface area contributed by atoms with Gasteiger partial charge in [0.2, 0.25) is 0 Å². The Kier molecular flexibility index (Phi) is 3.17. The van der Waals surface area contributed by atoms with Crippen LogP contribution in [0.5, 0.6) is 0 Å². The fourth-order valence-electron chi connectivity index (χ4n) is 2.17. The van der Waals surface area contributed by atoms with E-state index in [0.29, 0.717) is 0 Å². The molecule has 0 aliphatic heterocycles. The Morgan fingerprint density at radius 3 is 2.46 bits per heavy atom. The van der Waals surface area contributed by atoms with Crippen molar-refractivity contribution in [2.24, 2.45) is 17.0 Å². The van der Waals surface area contributed by atoms with Crippen molar-refractivity contribution < 1.29 is 5.11 Å². The summed E-state index contributed by atoms with van der Waals surface area (Å²) in [4.78, 5) is 2.71. The molecule has 0 amide bonds. The van der Waals surface area contributed by atoms with Gasteiger partial charge in [-0.05, 0) is 30.2 Å². The minimum Gasteiger partial charge on any atom is -0.389 e. The first-order chi connectivity index (χ1) is 6.11. The third-order valence-corrected chi connectivity index (χ3v) is 3.37. The van der Waals surface area contributed by atoms with E-state index in [1.165, 1.54) is 6.42 Å². The van der Waals surface area contributed by atoms with E-state index in [2.05, 4.69) is 10.0 Å². The second-order valence-corrected chi connectivity index (χ2v) is 4.11. The molecule has 1 rings (SSSR count). The molecule has 1 fully saturated rings. The summed E-state index contributed by atoms with van der Waals surface area (Å²) >= 11 is 0. The Hall–Kier alpha value is -0.730. The molecule has 3 atom stereocenters. The summed E-state index contributed by atoms with van der Waals surface area (Å²) < 4.78 is 0. The van der Waals surface area contributed by atoms with Crippen LogP contribution in [0.1, 0.15) is 33.1 Å². The van der Waals surface area contributed by atoms with E-state index >= 15 is 0 Å². The zero-order valence-electron chi connectivity index (χ0n) is 8.27. The van der Waals surface area contributed by atoms with Gasteiger partial charge in [-0.25, -0.2) is 0 Å². The predicted octanol–water partition coefficient (Wildman–Crippen LogP) is 2.48. The molecule has 0 radical (unpaired) electrons. The van der Waals surface area contributed by atoms with E-state index in [9.17, 15) is 5.11 Å². The van der Waals surface area contributed by atoms with Gasteiger partial charge in [-0.1, -0.05) is 25.4 Å². The van der Waals surface area contributed by atoms with Gasteiger partial charge in [0.05, 0.1) is 12.1 Å². The Bertz CT molecular complexity index is 213. The minimum absolute atomic E-state index is 0.214. The quantitative estimate of drug-likeness (QED) is 0.399. The van der Waals surface area contributed by atoms with Crippen LogP contribution in [0.3, 0.4) is 0 Å². The summed E-state index contributed by atoms with van der Waals surface area (Å²) in [5.41, 5.74) is 7.46. The highest BCUT2D eigenvalue weighted by Gasteiger charge is 2.40. The highest BCUT2D eigenvalue weighted by molar-refractivity contribution is 4.94. The molecule has 1 saturated carbocycles. The number of hydrogen-bond donors (Lipinski definition) is 1. The van der Waals surface area contributed by atoms with Gasteiger partial charge in [-0.2, -0.15) is 0 Å². The predicted molar refractivity (Wildman–Crippen MR) is 51.1 cm³/mol. The van der Waals surface area contributed by atoms with Crippen LogP contribution >= 0.6 is 0 Å². The maximum absolute atomic E-state index is 10.3. The van der Waals surface area contributed by atoms with E-state index in [4.69, 9.17) is 5.53 Å². The SMILES string of the molecule is C[C@@H]1CCC[C@H](C)C1(O)CN=[N+]=[N-]. The van der Waals surface area contributed by atoms with Crippen molar-refractivity contribution in [3.63, 3.8) is 0 Å². The molecule has 13 heavy (non-hydrogen) atoms. The van der Waals surface area contributed by atoms with Crippen LogP contribution in [0.4, 0.5) is 0 Å². The van der Waals surface area contributed by atoms with Crippen molar-refractivity contribution in [3.8, 4) is 0 Å². The van der Waals surface area contributed by atoms with Crippen molar-refractivity contribution in [3.05, 3.63) is 10.4 Å². The van der Waals surface area contributed by atoms with Gasteiger partial charge in [0, 0.05) is 4.91 Å². The van der Waals surface area contributed by atoms with Gasteiger partial charge in [0.15, 0.2) is 0 Å². The van der Waals surface area contributed by atoms with E-state index in [-0.39, 0.29) is 18.4 Å². The number of aliphatic hydroxyl groups is 1. The van der Waals surface area contributed by atoms with Gasteiger partial charge in [-0.15, -0.1) is 0 Å². The summed E-state index contributed by atoms with van der Waals surface area (Å²) in [6.07, 6.45) is 3.23. The summed E-state index contributed by atoms with van der Waals surface area (Å²) in [6, 6.07) is 0. The zero-order chi connectivity index (χ0) is 9.90. The molecule has 74 valence electrons. The van der Waals surface area contributed by atoms with Crippen LogP contribution in [0, 0.1) is 11.8 Å². The lowest BCUT2D eigenvalue weighted by molar-refractivity contribution is -0.0739. The molecular weight excluding hydrogens is 166 g/mol. The molecule has 0 heterocycles. The largest absolute Gasteiger partial charge is 0.389 e. The third kappa shape index (κ3) is 1.95. The van der Waals surface area contributed by atoms with Crippen molar-refractivity contribution >= 4 is 0 Å². The number of azide groups is 1. The smallest absolute Gasteiger partial charge is 0.0754 e. The zero-order valence-corrected chi connectivity index (χ0v) is 8.27. The number of rotatable bonds is 2. The lowest BCUT2D eigenvalue weighted by atomic mass is 9.70. The average Bonchev–Trinajstić information content (AvgIpc) is 2.11. The van der Waals surface area contributed by atoms with E-state index in [0.717, 1.165) is 12.8 Å². The van der Waals surface area contributed by atoms with Crippen LogP contribution in [0.25, 0.3) is 10.4 Å². The molecule has 0 aromatic heterocycles. The van der Waals surface area contributed by atoms with Crippen molar-refractivity contribution in [1.82, 2.24) is 0 Å². The van der Waals surface area contributed by atoms with E-state index in [1.54, 1.807) is 0 Å². The maximum Gasteiger partial charge on any atom is 0.0754 e. The minimum atomic E-state index is -0.773. The number of nitrogens with zero attached hydrogens (tertiary/aromatic N) is 3. The first-order valence-corrected chi connectivity index (χ1v) is 4.84. The highest BCUT2D eigenvalue weighted by Crippen LogP contribution is 2.38. The summed E-state index contributed by atoms with van der Waals surface area (Å²) in [7, 11) is 0. The Labute approximate surface area is 78.6 Å². The van der Waals surface area contributed by atoms with Gasteiger partial charge in [0.25, 0.3) is 0 Å². The molecule has 1 N–H and O–H groups in total. The van der Waals surface area contributed by atoms with Crippen LogP contribution in [0.2, 0.25) is 0 Å². The molecule has 0 bridgehead atoms. The van der Waals surface area contributed by atoms with Crippen LogP contribution in [-0.2, 0) is 0 Å². The van der Waals surface area contributed by atoms with E-state index < -0.39 is 5.60 Å². The second-order valence-electron chi connectivity index (χ2n) is 4.11. The van der Waals surface area contributed by atoms with Gasteiger partial charge in [-0.3, -0.25) is 0 Å². The van der Waals surface area contributed by atoms with Crippen molar-refractivity contribution in [2.75, 3.05) is 6.54 Å². The molecule has 4 heteroatoms.